The van der Waals surface area contributed by atoms with Crippen molar-refractivity contribution in [3.05, 3.63) is 46.8 Å². The summed E-state index contributed by atoms with van der Waals surface area (Å²) in [5.74, 6) is -0.977. The van der Waals surface area contributed by atoms with Crippen LogP contribution in [0.2, 0.25) is 0 Å². The predicted molar refractivity (Wildman–Crippen MR) is 162 cm³/mol. The van der Waals surface area contributed by atoms with Crippen LogP contribution in [0, 0.1) is 24.7 Å². The van der Waals surface area contributed by atoms with Crippen LogP contribution in [0.3, 0.4) is 0 Å². The molecule has 0 saturated heterocycles. The van der Waals surface area contributed by atoms with Crippen molar-refractivity contribution in [1.82, 2.24) is 9.78 Å². The summed E-state index contributed by atoms with van der Waals surface area (Å²) in [5.41, 5.74) is 7.79. The third-order valence-corrected chi connectivity index (χ3v) is 8.93. The number of hydrogen-bond acceptors (Lipinski definition) is 7. The second kappa shape index (κ2) is 14.9. The van der Waals surface area contributed by atoms with E-state index in [-0.39, 0.29) is 35.6 Å². The maximum atomic E-state index is 13.3. The van der Waals surface area contributed by atoms with E-state index in [1.807, 2.05) is 19.1 Å². The van der Waals surface area contributed by atoms with Crippen LogP contribution in [-0.4, -0.2) is 42.9 Å². The van der Waals surface area contributed by atoms with Crippen molar-refractivity contribution < 1.29 is 38.4 Å². The van der Waals surface area contributed by atoms with Gasteiger partial charge in [0, 0.05) is 19.3 Å². The van der Waals surface area contributed by atoms with Crippen LogP contribution in [-0.2, 0) is 22.1 Å². The van der Waals surface area contributed by atoms with Gasteiger partial charge in [-0.3, -0.25) is 14.3 Å². The summed E-state index contributed by atoms with van der Waals surface area (Å²) in [4.78, 5) is 22.2. The van der Waals surface area contributed by atoms with Gasteiger partial charge in [0.15, 0.2) is 5.78 Å². The molecule has 1 aromatic carbocycles. The number of alkyl halides is 2. The lowest BCUT2D eigenvalue weighted by Gasteiger charge is -2.37. The zero-order valence-electron chi connectivity index (χ0n) is 26.6. The smallest absolute Gasteiger partial charge is 0.417 e. The largest absolute Gasteiger partial charge is 0.453 e. The van der Waals surface area contributed by atoms with E-state index in [4.69, 9.17) is 25.8 Å². The van der Waals surface area contributed by atoms with E-state index < -0.39 is 12.1 Å². The van der Waals surface area contributed by atoms with Gasteiger partial charge in [0.1, 0.15) is 11.4 Å². The van der Waals surface area contributed by atoms with Crippen LogP contribution in [0.4, 0.5) is 8.78 Å². The van der Waals surface area contributed by atoms with Gasteiger partial charge in [-0.2, -0.15) is 13.9 Å². The number of nitrogens with zero attached hydrogens (tertiary/aromatic N) is 2. The van der Waals surface area contributed by atoms with Gasteiger partial charge >= 0.3 is 6.16 Å². The van der Waals surface area contributed by atoms with E-state index in [9.17, 15) is 18.4 Å². The van der Waals surface area contributed by atoms with Gasteiger partial charge in [-0.15, -0.1) is 0 Å². The molecule has 1 aromatic heterocycles. The summed E-state index contributed by atoms with van der Waals surface area (Å²) in [7, 11) is 0. The van der Waals surface area contributed by atoms with Crippen LogP contribution in [0.5, 0.6) is 5.75 Å². The fourth-order valence-corrected chi connectivity index (χ4v) is 6.65. The van der Waals surface area contributed by atoms with E-state index in [1.165, 1.54) is 13.0 Å². The number of carbonyl (C=O) groups is 2. The first kappa shape index (κ1) is 35.6. The molecule has 2 unspecified atom stereocenters. The highest BCUT2D eigenvalue weighted by molar-refractivity contribution is 5.75. The third-order valence-electron chi connectivity index (χ3n) is 8.93. The minimum atomic E-state index is -3.19. The molecule has 4 rings (SSSR count). The number of Topliss-reactive ketones (excluding diaryl/α,β-unsaturated/α-hetero) is 1. The molecule has 2 aromatic rings. The van der Waals surface area contributed by atoms with Gasteiger partial charge in [0.2, 0.25) is 5.91 Å². The number of ether oxygens (including phenoxy) is 1. The lowest BCUT2D eigenvalue weighted by Crippen LogP contribution is -2.35. The Labute approximate surface area is 258 Å². The normalized spacial score (nSPS) is 20.3. The average molecular weight is 622 g/mol. The number of nitrogens with two attached hydrogens (primary N) is 1. The number of rotatable bonds is 13. The molecule has 2 fully saturated rings. The Morgan fingerprint density at radius 2 is 1.77 bits per heavy atom. The number of amides is 1. The van der Waals surface area contributed by atoms with Crippen LogP contribution in [0.15, 0.2) is 24.3 Å². The van der Waals surface area contributed by atoms with Crippen LogP contribution >= 0.6 is 0 Å². The first-order chi connectivity index (χ1) is 20.5. The zero-order valence-corrected chi connectivity index (χ0v) is 26.6. The van der Waals surface area contributed by atoms with Gasteiger partial charge < -0.3 is 25.8 Å². The number of hydrogen-bond donors (Lipinski definition) is 4. The molecular weight excluding hydrogens is 572 g/mol. The molecular formula is C33H49F2N3O6. The molecule has 1 amide bonds. The quantitative estimate of drug-likeness (QED) is 0.212. The molecule has 2 aliphatic carbocycles. The average Bonchev–Trinajstić information content (AvgIpc) is 3.67. The Morgan fingerprint density at radius 1 is 1.14 bits per heavy atom. The number of primary amides is 1. The Balaban J connectivity index is 0.000000278. The molecule has 2 saturated carbocycles. The Morgan fingerprint density at radius 3 is 2.27 bits per heavy atom. The second-order valence-electron chi connectivity index (χ2n) is 12.8. The Kier molecular flexibility index (Phi) is 12.1. The van der Waals surface area contributed by atoms with E-state index in [0.29, 0.717) is 35.8 Å². The van der Waals surface area contributed by atoms with E-state index in [1.54, 1.807) is 6.07 Å². The van der Waals surface area contributed by atoms with Crippen molar-refractivity contribution >= 4 is 11.7 Å². The summed E-state index contributed by atoms with van der Waals surface area (Å²) in [6, 6.07) is 6.90. The summed E-state index contributed by atoms with van der Waals surface area (Å²) >= 11 is 0. The lowest BCUT2D eigenvalue weighted by atomic mass is 9.68. The number of carbonyl (C=O) groups excluding carboxylic acids is 2. The SMILES string of the molecule is CC(=O)Cn1nc(C2CC2)cc1C(C)(F)F.CCCC(C1CCC(CC(N)=O)CC1)C(C)c1cccc(OC(O)(O)O)c1C. The van der Waals surface area contributed by atoms with E-state index >= 15 is 0 Å². The molecule has 1 heterocycles. The Hall–Kier alpha value is -2.89. The summed E-state index contributed by atoms with van der Waals surface area (Å²) in [5, 5.41) is 31.6. The van der Waals surface area contributed by atoms with Crippen molar-refractivity contribution in [2.24, 2.45) is 23.5 Å². The number of halogens is 2. The van der Waals surface area contributed by atoms with Crippen molar-refractivity contribution in [3.8, 4) is 5.75 Å². The van der Waals surface area contributed by atoms with Crippen LogP contribution in [0.25, 0.3) is 0 Å². The van der Waals surface area contributed by atoms with Crippen molar-refractivity contribution in [3.63, 3.8) is 0 Å². The summed E-state index contributed by atoms with van der Waals surface area (Å²) in [6.07, 6.45) is 5.83. The minimum Gasteiger partial charge on any atom is -0.417 e. The first-order valence-corrected chi connectivity index (χ1v) is 15.7. The number of aliphatic hydroxyl groups is 3. The highest BCUT2D eigenvalue weighted by Crippen LogP contribution is 2.44. The Bertz CT molecular complexity index is 1260. The molecule has 9 nitrogen and oxygen atoms in total. The van der Waals surface area contributed by atoms with Crippen LogP contribution < -0.4 is 10.5 Å². The van der Waals surface area contributed by atoms with Crippen molar-refractivity contribution in [1.29, 1.82) is 0 Å². The second-order valence-corrected chi connectivity index (χ2v) is 12.8. The molecule has 0 spiro atoms. The molecule has 246 valence electrons. The fourth-order valence-electron chi connectivity index (χ4n) is 6.65. The van der Waals surface area contributed by atoms with E-state index in [2.05, 4.69) is 18.9 Å². The molecule has 11 heteroatoms. The lowest BCUT2D eigenvalue weighted by molar-refractivity contribution is -0.419. The third kappa shape index (κ3) is 10.3. The first-order valence-electron chi connectivity index (χ1n) is 15.7. The van der Waals surface area contributed by atoms with Crippen molar-refractivity contribution in [2.45, 2.75) is 123 Å². The molecule has 0 aliphatic heterocycles. The number of ketones is 1. The van der Waals surface area contributed by atoms with Crippen molar-refractivity contribution in [2.75, 3.05) is 0 Å². The van der Waals surface area contributed by atoms with E-state index in [0.717, 1.165) is 74.1 Å². The molecule has 2 aliphatic rings. The van der Waals surface area contributed by atoms with Gasteiger partial charge in [-0.1, -0.05) is 32.4 Å². The number of benzene rings is 1. The van der Waals surface area contributed by atoms with Gasteiger partial charge in [0.25, 0.3) is 5.92 Å². The molecule has 0 bridgehead atoms. The fraction of sp³-hybridized carbons (Fsp3) is 0.667. The molecule has 44 heavy (non-hydrogen) atoms. The highest BCUT2D eigenvalue weighted by atomic mass is 19.3. The van der Waals surface area contributed by atoms with Gasteiger partial charge in [0.05, 0.1) is 12.2 Å². The monoisotopic (exact) mass is 621 g/mol. The molecule has 2 atom stereocenters. The molecule has 5 N–H and O–H groups in total. The number of aromatic nitrogens is 2. The predicted octanol–water partition coefficient (Wildman–Crippen LogP) is 5.62. The highest BCUT2D eigenvalue weighted by Gasteiger charge is 2.35. The zero-order chi connectivity index (χ0) is 32.8. The van der Waals surface area contributed by atoms with Gasteiger partial charge in [-0.05, 0) is 106 Å². The maximum Gasteiger partial charge on any atom is 0.453 e. The maximum absolute atomic E-state index is 13.3. The molecule has 0 radical (unpaired) electrons. The van der Waals surface area contributed by atoms with Crippen LogP contribution in [0.1, 0.15) is 120 Å². The topological polar surface area (TPSA) is 148 Å². The summed E-state index contributed by atoms with van der Waals surface area (Å²) < 4.78 is 32.6. The van der Waals surface area contributed by atoms with Gasteiger partial charge in [-0.25, -0.2) is 0 Å². The minimum absolute atomic E-state index is 0.0779. The standard InChI is InChI=1S/C22H35NO5.C11H14F2N2O/c1-4-6-19(17-11-9-16(10-12-17)13-21(23)24)14(2)18-7-5-8-20(15(18)3)28-22(25,26)27;1-7(16)6-15-10(11(2,12)13)5-9(14-15)8-3-4-8/h5,7-8,14,16-17,19,25-27H,4,6,9-13H2,1-3H3,(H2,23,24);5,8H,3-4,6H2,1-2H3. The summed E-state index contributed by atoms with van der Waals surface area (Å²) in [6.45, 7) is 8.41.